The highest BCUT2D eigenvalue weighted by atomic mass is 32.1. The van der Waals surface area contributed by atoms with Crippen LogP contribution >= 0.6 is 12.2 Å². The maximum atomic E-state index is 11.7. The standard InChI is InChI=1S/C16H22N2O4S/c1-12(23)17-10-6-5-9-14(15(19)20)18-16(21)22-11-13-7-3-2-4-8-13/h2-4,7-8,14H,5-6,9-11H2,1H3,(H,17,23)(H,18,21)(H,19,20)/t14-/m0/s1. The number of aliphatic carboxylic acids is 1. The van der Waals surface area contributed by atoms with Gasteiger partial charge in [-0.3, -0.25) is 0 Å². The highest BCUT2D eigenvalue weighted by molar-refractivity contribution is 7.80. The Balaban J connectivity index is 2.29. The molecule has 6 nitrogen and oxygen atoms in total. The van der Waals surface area contributed by atoms with Crippen LogP contribution in [-0.4, -0.2) is 34.7 Å². The Bertz CT molecular complexity index is 522. The number of unbranched alkanes of at least 4 members (excludes halogenated alkanes) is 1. The molecule has 0 radical (unpaired) electrons. The normalized spacial score (nSPS) is 11.3. The number of ether oxygens (including phenoxy) is 1. The number of rotatable bonds is 9. The molecule has 0 saturated heterocycles. The van der Waals surface area contributed by atoms with Crippen molar-refractivity contribution in [3.8, 4) is 0 Å². The highest BCUT2D eigenvalue weighted by Crippen LogP contribution is 2.04. The number of carboxylic acid groups (broad SMARTS) is 1. The van der Waals surface area contributed by atoms with E-state index in [0.717, 1.165) is 12.0 Å². The fraction of sp³-hybridized carbons (Fsp3) is 0.438. The number of carboxylic acids is 1. The first-order valence-electron chi connectivity index (χ1n) is 7.43. The molecule has 1 amide bonds. The molecular formula is C16H22N2O4S. The maximum Gasteiger partial charge on any atom is 0.408 e. The summed E-state index contributed by atoms with van der Waals surface area (Å²) in [4.78, 5) is 23.6. The van der Waals surface area contributed by atoms with Gasteiger partial charge in [0, 0.05) is 6.54 Å². The van der Waals surface area contributed by atoms with Gasteiger partial charge in [-0.15, -0.1) is 0 Å². The number of alkyl carbamates (subject to hydrolysis) is 1. The molecule has 1 aromatic rings. The minimum absolute atomic E-state index is 0.108. The smallest absolute Gasteiger partial charge is 0.408 e. The van der Waals surface area contributed by atoms with Crippen LogP contribution in [0.15, 0.2) is 30.3 Å². The van der Waals surface area contributed by atoms with Crippen molar-refractivity contribution in [1.82, 2.24) is 10.6 Å². The molecule has 0 aliphatic rings. The largest absolute Gasteiger partial charge is 0.480 e. The van der Waals surface area contributed by atoms with Crippen LogP contribution in [0.2, 0.25) is 0 Å². The van der Waals surface area contributed by atoms with Crippen LogP contribution in [0.4, 0.5) is 4.79 Å². The zero-order chi connectivity index (χ0) is 17.1. The molecule has 0 aromatic heterocycles. The van der Waals surface area contributed by atoms with E-state index in [9.17, 15) is 9.59 Å². The number of nitrogens with one attached hydrogen (secondary N) is 2. The van der Waals surface area contributed by atoms with Crippen LogP contribution in [0.3, 0.4) is 0 Å². The Kier molecular flexibility index (Phi) is 8.67. The average Bonchev–Trinajstić information content (AvgIpc) is 2.52. The topological polar surface area (TPSA) is 87.7 Å². The second-order valence-corrected chi connectivity index (χ2v) is 5.69. The third kappa shape index (κ3) is 8.77. The van der Waals surface area contributed by atoms with E-state index in [1.807, 2.05) is 30.3 Å². The molecule has 1 aromatic carbocycles. The van der Waals surface area contributed by atoms with Crippen molar-refractivity contribution in [2.45, 2.75) is 38.8 Å². The molecule has 1 atom stereocenters. The zero-order valence-electron chi connectivity index (χ0n) is 13.1. The van der Waals surface area contributed by atoms with Gasteiger partial charge in [-0.2, -0.15) is 0 Å². The summed E-state index contributed by atoms with van der Waals surface area (Å²) < 4.78 is 5.02. The van der Waals surface area contributed by atoms with Crippen LogP contribution in [0.25, 0.3) is 0 Å². The number of hydrogen-bond donors (Lipinski definition) is 3. The van der Waals surface area contributed by atoms with Gasteiger partial charge < -0.3 is 20.5 Å². The zero-order valence-corrected chi connectivity index (χ0v) is 13.9. The summed E-state index contributed by atoms with van der Waals surface area (Å²) in [5.41, 5.74) is 0.844. The lowest BCUT2D eigenvalue weighted by Crippen LogP contribution is -2.41. The van der Waals surface area contributed by atoms with Crippen molar-refractivity contribution in [1.29, 1.82) is 0 Å². The molecule has 0 aliphatic carbocycles. The van der Waals surface area contributed by atoms with Crippen molar-refractivity contribution in [2.24, 2.45) is 0 Å². The summed E-state index contributed by atoms with van der Waals surface area (Å²) in [6, 6.07) is 8.25. The second-order valence-electron chi connectivity index (χ2n) is 5.08. The summed E-state index contributed by atoms with van der Waals surface area (Å²) in [7, 11) is 0. The van der Waals surface area contributed by atoms with Crippen molar-refractivity contribution in [3.63, 3.8) is 0 Å². The van der Waals surface area contributed by atoms with Gasteiger partial charge in [0.05, 0.1) is 4.99 Å². The van der Waals surface area contributed by atoms with Gasteiger partial charge in [0.25, 0.3) is 0 Å². The molecular weight excluding hydrogens is 316 g/mol. The lowest BCUT2D eigenvalue weighted by molar-refractivity contribution is -0.139. The van der Waals surface area contributed by atoms with E-state index < -0.39 is 18.1 Å². The van der Waals surface area contributed by atoms with E-state index >= 15 is 0 Å². The lowest BCUT2D eigenvalue weighted by atomic mass is 10.1. The lowest BCUT2D eigenvalue weighted by Gasteiger charge is -2.14. The third-order valence-electron chi connectivity index (χ3n) is 3.10. The van der Waals surface area contributed by atoms with Crippen molar-refractivity contribution in [2.75, 3.05) is 6.54 Å². The van der Waals surface area contributed by atoms with Crippen LogP contribution < -0.4 is 10.6 Å². The SMILES string of the molecule is CC(=S)NCCCC[C@H](NC(=O)OCc1ccccc1)C(=O)O. The average molecular weight is 338 g/mol. The molecule has 23 heavy (non-hydrogen) atoms. The monoisotopic (exact) mass is 338 g/mol. The molecule has 126 valence electrons. The van der Waals surface area contributed by atoms with Gasteiger partial charge in [-0.25, -0.2) is 9.59 Å². The van der Waals surface area contributed by atoms with E-state index in [1.165, 1.54) is 0 Å². The van der Waals surface area contributed by atoms with Crippen molar-refractivity contribution >= 4 is 29.3 Å². The number of carbonyl (C=O) groups excluding carboxylic acids is 1. The molecule has 0 spiro atoms. The van der Waals surface area contributed by atoms with E-state index in [2.05, 4.69) is 10.6 Å². The Morgan fingerprint density at radius 1 is 1.26 bits per heavy atom. The van der Waals surface area contributed by atoms with Gasteiger partial charge in [0.1, 0.15) is 12.6 Å². The van der Waals surface area contributed by atoms with Crippen LogP contribution in [0.1, 0.15) is 31.7 Å². The van der Waals surface area contributed by atoms with Crippen LogP contribution in [-0.2, 0) is 16.1 Å². The predicted molar refractivity (Wildman–Crippen MR) is 91.3 cm³/mol. The summed E-state index contributed by atoms with van der Waals surface area (Å²) in [5.74, 6) is -1.07. The Hall–Kier alpha value is -2.15. The van der Waals surface area contributed by atoms with Gasteiger partial charge in [0.2, 0.25) is 0 Å². The van der Waals surface area contributed by atoms with Crippen LogP contribution in [0, 0.1) is 0 Å². The van der Waals surface area contributed by atoms with Crippen molar-refractivity contribution in [3.05, 3.63) is 35.9 Å². The fourth-order valence-electron chi connectivity index (χ4n) is 1.90. The van der Waals surface area contributed by atoms with E-state index in [-0.39, 0.29) is 6.61 Å². The minimum Gasteiger partial charge on any atom is -0.480 e. The number of benzene rings is 1. The first-order valence-corrected chi connectivity index (χ1v) is 7.84. The van der Waals surface area contributed by atoms with Crippen molar-refractivity contribution < 1.29 is 19.4 Å². The molecule has 1 rings (SSSR count). The van der Waals surface area contributed by atoms with Gasteiger partial charge in [0.15, 0.2) is 0 Å². The molecule has 0 saturated carbocycles. The Labute approximate surface area is 141 Å². The second kappa shape index (κ2) is 10.6. The summed E-state index contributed by atoms with van der Waals surface area (Å²) >= 11 is 4.89. The number of thiocarbonyl (C=S) groups is 1. The Morgan fingerprint density at radius 3 is 2.57 bits per heavy atom. The number of amides is 1. The van der Waals surface area contributed by atoms with Gasteiger partial charge in [-0.05, 0) is 31.7 Å². The van der Waals surface area contributed by atoms with E-state index in [1.54, 1.807) is 6.92 Å². The summed E-state index contributed by atoms with van der Waals surface area (Å²) in [6.07, 6.45) is 1.05. The summed E-state index contributed by atoms with van der Waals surface area (Å²) in [5, 5.41) is 14.5. The molecule has 0 unspecified atom stereocenters. The molecule has 7 heteroatoms. The molecule has 0 fully saturated rings. The molecule has 0 heterocycles. The van der Waals surface area contributed by atoms with E-state index in [4.69, 9.17) is 22.1 Å². The first-order chi connectivity index (χ1) is 11.0. The predicted octanol–water partition coefficient (Wildman–Crippen LogP) is 2.47. The molecule has 0 aliphatic heterocycles. The minimum atomic E-state index is -1.07. The quantitative estimate of drug-likeness (QED) is 0.474. The summed E-state index contributed by atoms with van der Waals surface area (Å²) in [6.45, 7) is 2.59. The van der Waals surface area contributed by atoms with Crippen LogP contribution in [0.5, 0.6) is 0 Å². The number of carbonyl (C=O) groups is 2. The fourth-order valence-corrected chi connectivity index (χ4v) is 2.00. The third-order valence-corrected chi connectivity index (χ3v) is 3.24. The first kappa shape index (κ1) is 18.9. The molecule has 0 bridgehead atoms. The Morgan fingerprint density at radius 2 is 1.96 bits per heavy atom. The highest BCUT2D eigenvalue weighted by Gasteiger charge is 2.20. The van der Waals surface area contributed by atoms with Gasteiger partial charge >= 0.3 is 12.1 Å². The number of hydrogen-bond acceptors (Lipinski definition) is 4. The van der Waals surface area contributed by atoms with Gasteiger partial charge in [-0.1, -0.05) is 42.5 Å². The molecule has 3 N–H and O–H groups in total. The van der Waals surface area contributed by atoms with E-state index in [0.29, 0.717) is 24.4 Å². The maximum absolute atomic E-state index is 11.7.